The molecule has 1 N–H and O–H groups in total. The topological polar surface area (TPSA) is 68.3 Å². The van der Waals surface area contributed by atoms with Crippen LogP contribution >= 0.6 is 15.9 Å². The Morgan fingerprint density at radius 2 is 2.00 bits per heavy atom. The number of hydrogen-bond donors (Lipinski definition) is 1. The molecule has 0 spiro atoms. The van der Waals surface area contributed by atoms with Crippen molar-refractivity contribution >= 4 is 33.5 Å². The molecule has 0 radical (unpaired) electrons. The van der Waals surface area contributed by atoms with E-state index >= 15 is 0 Å². The van der Waals surface area contributed by atoms with Crippen LogP contribution in [0.1, 0.15) is 38.2 Å². The molecule has 0 saturated carbocycles. The van der Waals surface area contributed by atoms with E-state index < -0.39 is 11.7 Å². The number of halogens is 1. The van der Waals surface area contributed by atoms with Crippen molar-refractivity contribution in [3.8, 4) is 0 Å². The number of ketones is 1. The molecule has 0 aliphatic carbocycles. The molecule has 1 rings (SSSR count). The molecule has 0 aromatic carbocycles. The predicted molar refractivity (Wildman–Crippen MR) is 71.8 cm³/mol. The van der Waals surface area contributed by atoms with Gasteiger partial charge in [0.25, 0.3) is 0 Å². The molecule has 1 heterocycles. The molecule has 0 bridgehead atoms. The van der Waals surface area contributed by atoms with Gasteiger partial charge in [0.1, 0.15) is 11.3 Å². The molecule has 6 heteroatoms. The van der Waals surface area contributed by atoms with Gasteiger partial charge in [0, 0.05) is 17.6 Å². The summed E-state index contributed by atoms with van der Waals surface area (Å²) in [7, 11) is 0. The first-order valence-corrected chi connectivity index (χ1v) is 6.15. The van der Waals surface area contributed by atoms with Crippen molar-refractivity contribution in [1.82, 2.24) is 4.98 Å². The highest BCUT2D eigenvalue weighted by molar-refractivity contribution is 9.10. The number of carbonyl (C=O) groups excluding carboxylic acids is 2. The smallest absolute Gasteiger partial charge is 0.412 e. The van der Waals surface area contributed by atoms with Crippen molar-refractivity contribution in [2.75, 3.05) is 5.32 Å². The van der Waals surface area contributed by atoms with E-state index in [-0.39, 0.29) is 11.5 Å². The molecule has 5 nitrogen and oxygen atoms in total. The third-order valence-electron chi connectivity index (χ3n) is 1.82. The van der Waals surface area contributed by atoms with Gasteiger partial charge in [-0.05, 0) is 42.8 Å². The minimum Gasteiger partial charge on any atom is -0.444 e. The zero-order chi connectivity index (χ0) is 13.9. The van der Waals surface area contributed by atoms with Gasteiger partial charge in [0.2, 0.25) is 0 Å². The van der Waals surface area contributed by atoms with Crippen LogP contribution in [0, 0.1) is 0 Å². The number of hydrogen-bond acceptors (Lipinski definition) is 4. The number of nitrogens with one attached hydrogen (secondary N) is 1. The Hall–Kier alpha value is -1.43. The lowest BCUT2D eigenvalue weighted by molar-refractivity contribution is 0.0636. The Labute approximate surface area is 114 Å². The minimum atomic E-state index is -0.620. The Kier molecular flexibility index (Phi) is 4.45. The summed E-state index contributed by atoms with van der Waals surface area (Å²) >= 11 is 3.23. The Bertz CT molecular complexity index is 481. The van der Waals surface area contributed by atoms with Gasteiger partial charge < -0.3 is 4.74 Å². The summed E-state index contributed by atoms with van der Waals surface area (Å²) in [6.45, 7) is 6.67. The van der Waals surface area contributed by atoms with E-state index in [0.717, 1.165) is 0 Å². The number of amides is 1. The quantitative estimate of drug-likeness (QED) is 0.849. The summed E-state index contributed by atoms with van der Waals surface area (Å²) < 4.78 is 5.78. The first kappa shape index (κ1) is 14.6. The Morgan fingerprint density at radius 1 is 1.39 bits per heavy atom. The maximum atomic E-state index is 11.6. The van der Waals surface area contributed by atoms with Gasteiger partial charge in [0.15, 0.2) is 5.78 Å². The highest BCUT2D eigenvalue weighted by atomic mass is 79.9. The Morgan fingerprint density at radius 3 is 2.50 bits per heavy atom. The van der Waals surface area contributed by atoms with Crippen molar-refractivity contribution in [2.45, 2.75) is 33.3 Å². The van der Waals surface area contributed by atoms with Gasteiger partial charge in [-0.1, -0.05) is 0 Å². The van der Waals surface area contributed by atoms with Crippen molar-refractivity contribution < 1.29 is 14.3 Å². The highest BCUT2D eigenvalue weighted by Crippen LogP contribution is 2.20. The van der Waals surface area contributed by atoms with E-state index in [0.29, 0.717) is 10.2 Å². The predicted octanol–water partition coefficient (Wildman–Crippen LogP) is 3.39. The fourth-order valence-electron chi connectivity index (χ4n) is 1.23. The summed E-state index contributed by atoms with van der Waals surface area (Å²) in [6.07, 6.45) is 0.877. The third kappa shape index (κ3) is 4.44. The fourth-order valence-corrected chi connectivity index (χ4v) is 1.56. The second kappa shape index (κ2) is 5.48. The molecular weight excluding hydrogens is 300 g/mol. The van der Waals surface area contributed by atoms with Crippen LogP contribution < -0.4 is 5.32 Å². The molecule has 1 aromatic heterocycles. The van der Waals surface area contributed by atoms with Gasteiger partial charge in [0.05, 0.1) is 5.69 Å². The number of rotatable bonds is 2. The molecule has 1 aromatic rings. The van der Waals surface area contributed by atoms with Crippen molar-refractivity contribution in [1.29, 1.82) is 0 Å². The summed E-state index contributed by atoms with van der Waals surface area (Å²) in [6, 6.07) is 1.60. The molecule has 0 atom stereocenters. The number of pyridine rings is 1. The zero-order valence-corrected chi connectivity index (χ0v) is 12.3. The van der Waals surface area contributed by atoms with Gasteiger partial charge in [-0.3, -0.25) is 10.1 Å². The first-order valence-electron chi connectivity index (χ1n) is 5.35. The summed E-state index contributed by atoms with van der Waals surface area (Å²) in [4.78, 5) is 27.0. The van der Waals surface area contributed by atoms with Crippen LogP contribution in [0.25, 0.3) is 0 Å². The number of ether oxygens (including phenoxy) is 1. The minimum absolute atomic E-state index is 0.198. The van der Waals surface area contributed by atoms with E-state index in [1.165, 1.54) is 13.1 Å². The largest absolute Gasteiger partial charge is 0.444 e. The van der Waals surface area contributed by atoms with E-state index in [1.54, 1.807) is 26.8 Å². The molecular formula is C12H15BrN2O3. The molecule has 1 amide bonds. The lowest BCUT2D eigenvalue weighted by atomic mass is 10.2. The van der Waals surface area contributed by atoms with Crippen molar-refractivity contribution in [3.63, 3.8) is 0 Å². The van der Waals surface area contributed by atoms with Gasteiger partial charge in [-0.15, -0.1) is 0 Å². The van der Waals surface area contributed by atoms with Crippen LogP contribution in [-0.4, -0.2) is 22.5 Å². The molecule has 0 aliphatic rings. The second-order valence-electron chi connectivity index (χ2n) is 4.73. The van der Waals surface area contributed by atoms with Crippen molar-refractivity contribution in [3.05, 3.63) is 22.4 Å². The number of aromatic nitrogens is 1. The van der Waals surface area contributed by atoms with E-state index in [9.17, 15) is 9.59 Å². The summed E-state index contributed by atoms with van der Waals surface area (Å²) in [5.41, 5.74) is -0.0740. The van der Waals surface area contributed by atoms with E-state index in [4.69, 9.17) is 4.74 Å². The molecule has 98 valence electrons. The third-order valence-corrected chi connectivity index (χ3v) is 2.26. The van der Waals surface area contributed by atoms with Crippen molar-refractivity contribution in [2.24, 2.45) is 0 Å². The lowest BCUT2D eigenvalue weighted by Gasteiger charge is -2.20. The Balaban J connectivity index is 2.93. The highest BCUT2D eigenvalue weighted by Gasteiger charge is 2.18. The number of Topliss-reactive ketones (excluding diaryl/α,β-unsaturated/α-hetero) is 1. The van der Waals surface area contributed by atoms with Crippen LogP contribution in [-0.2, 0) is 4.74 Å². The maximum Gasteiger partial charge on any atom is 0.412 e. The molecule has 18 heavy (non-hydrogen) atoms. The van der Waals surface area contributed by atoms with Gasteiger partial charge >= 0.3 is 6.09 Å². The molecule has 0 saturated heterocycles. The number of nitrogens with zero attached hydrogens (tertiary/aromatic N) is 1. The normalized spacial score (nSPS) is 10.9. The van der Waals surface area contributed by atoms with Crippen LogP contribution in [0.15, 0.2) is 16.7 Å². The average Bonchev–Trinajstić information content (AvgIpc) is 2.13. The second-order valence-corrected chi connectivity index (χ2v) is 5.65. The number of anilines is 1. The average molecular weight is 315 g/mol. The van der Waals surface area contributed by atoms with Crippen LogP contribution in [0.3, 0.4) is 0 Å². The van der Waals surface area contributed by atoms with Gasteiger partial charge in [-0.25, -0.2) is 9.78 Å². The molecule has 0 fully saturated rings. The molecule has 0 unspecified atom stereocenters. The monoisotopic (exact) mass is 314 g/mol. The SMILES string of the molecule is CC(=O)c1ncc(Br)cc1NC(=O)OC(C)(C)C. The standard InChI is InChI=1S/C12H15BrN2O3/c1-7(16)10-9(5-8(13)6-14-10)15-11(17)18-12(2,3)4/h5-6H,1-4H3,(H,15,17). The molecule has 0 aliphatic heterocycles. The van der Waals surface area contributed by atoms with Crippen LogP contribution in [0.5, 0.6) is 0 Å². The fraction of sp³-hybridized carbons (Fsp3) is 0.417. The first-order chi connectivity index (χ1) is 8.19. The van der Waals surface area contributed by atoms with Crippen LogP contribution in [0.2, 0.25) is 0 Å². The zero-order valence-electron chi connectivity index (χ0n) is 10.7. The lowest BCUT2D eigenvalue weighted by Crippen LogP contribution is -2.27. The summed E-state index contributed by atoms with van der Waals surface area (Å²) in [5, 5.41) is 2.51. The van der Waals surface area contributed by atoms with E-state index in [1.807, 2.05) is 0 Å². The van der Waals surface area contributed by atoms with E-state index in [2.05, 4.69) is 26.2 Å². The number of carbonyl (C=O) groups is 2. The maximum absolute atomic E-state index is 11.6. The summed E-state index contributed by atoms with van der Waals surface area (Å²) in [5.74, 6) is -0.228. The van der Waals surface area contributed by atoms with Crippen LogP contribution in [0.4, 0.5) is 10.5 Å². The van der Waals surface area contributed by atoms with Gasteiger partial charge in [-0.2, -0.15) is 0 Å².